The van der Waals surface area contributed by atoms with Gasteiger partial charge in [0.1, 0.15) is 5.69 Å². The fourth-order valence-electron chi connectivity index (χ4n) is 7.49. The van der Waals surface area contributed by atoms with Crippen LogP contribution in [0.2, 0.25) is 0 Å². The molecular weight excluding hydrogens is 694 g/mol. The lowest BCUT2D eigenvalue weighted by Crippen LogP contribution is -2.60. The van der Waals surface area contributed by atoms with Crippen LogP contribution < -0.4 is 9.64 Å². The van der Waals surface area contributed by atoms with E-state index >= 15 is 8.78 Å². The second kappa shape index (κ2) is 11.4. The molecule has 2 saturated heterocycles. The summed E-state index contributed by atoms with van der Waals surface area (Å²) in [5.41, 5.74) is -1.64. The number of phenols is 1. The first-order chi connectivity index (χ1) is 22.5. The van der Waals surface area contributed by atoms with Gasteiger partial charge in [0, 0.05) is 18.9 Å². The highest BCUT2D eigenvalue weighted by Gasteiger charge is 2.77. The second-order valence-electron chi connectivity index (χ2n) is 11.9. The molecule has 10 nitrogen and oxygen atoms in total. The monoisotopic (exact) mass is 716 g/mol. The number of methoxy groups -OCH3 is 1. The summed E-state index contributed by atoms with van der Waals surface area (Å²) < 4.78 is 78.1. The summed E-state index contributed by atoms with van der Waals surface area (Å²) in [5, 5.41) is 19.3. The molecule has 2 aliphatic carbocycles. The van der Waals surface area contributed by atoms with Gasteiger partial charge in [0.15, 0.2) is 44.5 Å². The minimum Gasteiger partial charge on any atom is -0.504 e. The number of hydrogen-bond acceptors (Lipinski definition) is 7. The molecule has 3 fully saturated rings. The van der Waals surface area contributed by atoms with E-state index in [1.165, 1.54) is 25.3 Å². The van der Waals surface area contributed by atoms with Gasteiger partial charge < -0.3 is 14.9 Å². The Morgan fingerprint density at radius 3 is 2.19 bits per heavy atom. The second-order valence-corrected chi connectivity index (χ2v) is 13.2. The molecule has 48 heavy (non-hydrogen) atoms. The molecule has 0 bridgehead atoms. The highest BCUT2D eigenvalue weighted by atomic mass is 35.5. The summed E-state index contributed by atoms with van der Waals surface area (Å²) in [6.07, 6.45) is 0.361. The number of benzene rings is 2. The molecule has 0 aromatic heterocycles. The predicted molar refractivity (Wildman–Crippen MR) is 155 cm³/mol. The molecule has 0 spiro atoms. The Morgan fingerprint density at radius 1 is 0.958 bits per heavy atom. The number of allylic oxidation sites excluding steroid dienone is 2. The number of likely N-dealkylation sites (tertiary alicyclic amines) is 1. The summed E-state index contributed by atoms with van der Waals surface area (Å²) in [4.78, 5) is 61.8. The SMILES string of the molecule is COc1cc([C@H]2C3=CC[C@@H]4C(=O)N(CCCC(=O)O)C(=O)[C@@H]4[C@@H]3C[C@@]3(Cl)C(=O)N(c4c(F)c(F)c(F)c(F)c4F)C(=O)[C@@]23Cl)ccc1O. The largest absolute Gasteiger partial charge is 0.504 e. The van der Waals surface area contributed by atoms with Gasteiger partial charge in [-0.05, 0) is 42.9 Å². The number of aromatic hydroxyl groups is 1. The lowest BCUT2D eigenvalue weighted by molar-refractivity contribution is -0.142. The number of imide groups is 2. The van der Waals surface area contributed by atoms with E-state index in [9.17, 15) is 42.3 Å². The average Bonchev–Trinajstić information content (AvgIpc) is 3.37. The minimum absolute atomic E-state index is 0.0505. The van der Waals surface area contributed by atoms with Crippen LogP contribution in [0.25, 0.3) is 0 Å². The Balaban J connectivity index is 1.54. The van der Waals surface area contributed by atoms with Crippen molar-refractivity contribution in [1.82, 2.24) is 4.90 Å². The van der Waals surface area contributed by atoms with Crippen molar-refractivity contribution >= 4 is 58.5 Å². The van der Waals surface area contributed by atoms with Crippen LogP contribution in [0, 0.1) is 46.8 Å². The molecule has 0 radical (unpaired) electrons. The van der Waals surface area contributed by atoms with Crippen molar-refractivity contribution in [3.05, 3.63) is 64.5 Å². The first kappa shape index (κ1) is 33.7. The molecule has 2 aromatic carbocycles. The Morgan fingerprint density at radius 2 is 1.58 bits per heavy atom. The van der Waals surface area contributed by atoms with E-state index in [0.29, 0.717) is 0 Å². The van der Waals surface area contributed by atoms with Gasteiger partial charge in [-0.3, -0.25) is 28.9 Å². The lowest BCUT2D eigenvalue weighted by atomic mass is 9.56. The highest BCUT2D eigenvalue weighted by molar-refractivity contribution is 6.58. The number of ether oxygens (including phenoxy) is 1. The van der Waals surface area contributed by atoms with Gasteiger partial charge >= 0.3 is 5.97 Å². The Kier molecular flexibility index (Phi) is 8.02. The maximum Gasteiger partial charge on any atom is 0.303 e. The average molecular weight is 717 g/mol. The number of carbonyl (C=O) groups is 5. The molecular formula is C31H23Cl2F5N2O8. The molecule has 254 valence electrons. The van der Waals surface area contributed by atoms with Crippen LogP contribution in [0.15, 0.2) is 29.8 Å². The number of anilines is 1. The molecule has 4 amide bonds. The quantitative estimate of drug-likeness (QED) is 0.106. The van der Waals surface area contributed by atoms with Crippen LogP contribution in [0.1, 0.15) is 37.2 Å². The molecule has 6 atom stereocenters. The smallest absolute Gasteiger partial charge is 0.303 e. The first-order valence-corrected chi connectivity index (χ1v) is 15.2. The van der Waals surface area contributed by atoms with Gasteiger partial charge in [0.2, 0.25) is 17.6 Å². The van der Waals surface area contributed by atoms with Crippen molar-refractivity contribution in [3.63, 3.8) is 0 Å². The van der Waals surface area contributed by atoms with E-state index in [4.69, 9.17) is 33.0 Å². The predicted octanol–water partition coefficient (Wildman–Crippen LogP) is 4.52. The highest BCUT2D eigenvalue weighted by Crippen LogP contribution is 2.66. The zero-order valence-corrected chi connectivity index (χ0v) is 26.1. The third-order valence-corrected chi connectivity index (χ3v) is 11.0. The number of amides is 4. The molecule has 2 aromatic rings. The van der Waals surface area contributed by atoms with Crippen LogP contribution in [-0.4, -0.2) is 68.1 Å². The van der Waals surface area contributed by atoms with Gasteiger partial charge in [-0.15, -0.1) is 23.2 Å². The van der Waals surface area contributed by atoms with Crippen molar-refractivity contribution < 1.29 is 60.9 Å². The zero-order valence-electron chi connectivity index (χ0n) is 24.5. The van der Waals surface area contributed by atoms with Gasteiger partial charge in [-0.25, -0.2) is 26.9 Å². The van der Waals surface area contributed by atoms with E-state index in [1.54, 1.807) is 0 Å². The number of alkyl halides is 2. The Labute approximate surface area is 277 Å². The van der Waals surface area contributed by atoms with E-state index < -0.39 is 104 Å². The van der Waals surface area contributed by atoms with Crippen molar-refractivity contribution in [2.75, 3.05) is 18.6 Å². The molecule has 0 unspecified atom stereocenters. The van der Waals surface area contributed by atoms with Crippen molar-refractivity contribution in [1.29, 1.82) is 0 Å². The standard InChI is InChI=1S/C31H23Cl2F5N2O8/c1-48-16-9-11(4-7-15(16)41)19-12-5-6-13-18(27(45)39(26(13)44)8-2-3-17(42)43)14(12)10-30(32)28(46)40(29(47)31(19,30)33)25-23(37)21(35)20(34)22(36)24(25)38/h4-5,7,9,13-14,18-19,41H,2-3,6,8,10H2,1H3,(H,42,43)/t13-,14+,18-,19-,30+,31-/m0/s1. The molecule has 2 heterocycles. The Hall–Kier alpha value is -4.24. The number of fused-ring (bicyclic) bond motifs is 4. The van der Waals surface area contributed by atoms with E-state index in [1.807, 2.05) is 0 Å². The van der Waals surface area contributed by atoms with Gasteiger partial charge in [0.25, 0.3) is 11.8 Å². The fourth-order valence-corrected chi connectivity index (χ4v) is 8.42. The summed E-state index contributed by atoms with van der Waals surface area (Å²) in [6, 6.07) is 3.66. The molecule has 17 heteroatoms. The van der Waals surface area contributed by atoms with Crippen molar-refractivity contribution in [3.8, 4) is 11.5 Å². The number of carboxylic acid groups (broad SMARTS) is 1. The van der Waals surface area contributed by atoms with E-state index in [0.717, 1.165) is 11.0 Å². The molecule has 2 aliphatic heterocycles. The van der Waals surface area contributed by atoms with Gasteiger partial charge in [-0.2, -0.15) is 0 Å². The number of carboxylic acids is 1. The van der Waals surface area contributed by atoms with Crippen LogP contribution in [0.5, 0.6) is 11.5 Å². The van der Waals surface area contributed by atoms with Crippen LogP contribution in [-0.2, 0) is 24.0 Å². The molecule has 1 saturated carbocycles. The van der Waals surface area contributed by atoms with Crippen LogP contribution in [0.3, 0.4) is 0 Å². The van der Waals surface area contributed by atoms with Crippen LogP contribution >= 0.6 is 23.2 Å². The fraction of sp³-hybridized carbons (Fsp3) is 0.387. The molecule has 4 aliphatic rings. The lowest BCUT2D eigenvalue weighted by Gasteiger charge is -2.50. The normalized spacial score (nSPS) is 29.5. The Bertz CT molecular complexity index is 1850. The zero-order chi connectivity index (χ0) is 35.2. The number of halogens is 7. The van der Waals surface area contributed by atoms with Gasteiger partial charge in [0.05, 0.1) is 18.9 Å². The number of phenolic OH excluding ortho intramolecular Hbond substituents is 1. The molecule has 6 rings (SSSR count). The topological polar surface area (TPSA) is 142 Å². The third kappa shape index (κ3) is 4.39. The van der Waals surface area contributed by atoms with Crippen molar-refractivity contribution in [2.24, 2.45) is 17.8 Å². The maximum atomic E-state index is 15.1. The summed E-state index contributed by atoms with van der Waals surface area (Å²) in [6.45, 7) is -0.228. The summed E-state index contributed by atoms with van der Waals surface area (Å²) in [7, 11) is 1.20. The number of rotatable bonds is 7. The third-order valence-electron chi connectivity index (χ3n) is 9.62. The number of nitrogens with zero attached hydrogens (tertiary/aromatic N) is 2. The summed E-state index contributed by atoms with van der Waals surface area (Å²) in [5.74, 6) is -23.6. The minimum atomic E-state index is -2.73. The van der Waals surface area contributed by atoms with Crippen LogP contribution in [0.4, 0.5) is 27.6 Å². The number of carbonyl (C=O) groups excluding carboxylic acids is 4. The maximum absolute atomic E-state index is 15.1. The number of hydrogen-bond donors (Lipinski definition) is 2. The van der Waals surface area contributed by atoms with Gasteiger partial charge in [-0.1, -0.05) is 17.7 Å². The van der Waals surface area contributed by atoms with E-state index in [2.05, 4.69) is 0 Å². The molecule has 2 N–H and O–H groups in total. The number of aliphatic carboxylic acids is 1. The van der Waals surface area contributed by atoms with E-state index in [-0.39, 0.29) is 53.3 Å². The van der Waals surface area contributed by atoms with Crippen molar-refractivity contribution in [2.45, 2.75) is 41.3 Å². The summed E-state index contributed by atoms with van der Waals surface area (Å²) >= 11 is 14.1. The first-order valence-electron chi connectivity index (χ1n) is 14.4.